The summed E-state index contributed by atoms with van der Waals surface area (Å²) >= 11 is 0. The summed E-state index contributed by atoms with van der Waals surface area (Å²) in [7, 11) is 0. The van der Waals surface area contributed by atoms with Crippen molar-refractivity contribution in [1.82, 2.24) is 19.7 Å². The zero-order chi connectivity index (χ0) is 14.3. The summed E-state index contributed by atoms with van der Waals surface area (Å²) < 4.78 is 39.0. The van der Waals surface area contributed by atoms with Gasteiger partial charge in [-0.25, -0.2) is 0 Å². The maximum Gasteiger partial charge on any atom is 0.451 e. The number of nitrogens with two attached hydrogens (primary N) is 1. The molecule has 6 nitrogen and oxygen atoms in total. The fraction of sp³-hybridized carbons (Fsp3) is 0.800. The van der Waals surface area contributed by atoms with E-state index >= 15 is 0 Å². The van der Waals surface area contributed by atoms with E-state index in [1.807, 2.05) is 4.90 Å². The molecule has 0 saturated carbocycles. The van der Waals surface area contributed by atoms with Gasteiger partial charge in [-0.1, -0.05) is 0 Å². The molecule has 0 saturated heterocycles. The Morgan fingerprint density at radius 2 is 2.00 bits per heavy atom. The van der Waals surface area contributed by atoms with Crippen LogP contribution >= 0.6 is 0 Å². The second-order valence-electron chi connectivity index (χ2n) is 5.00. The van der Waals surface area contributed by atoms with E-state index in [2.05, 4.69) is 10.2 Å². The van der Waals surface area contributed by atoms with E-state index in [1.165, 1.54) is 0 Å². The normalized spacial score (nSPS) is 20.1. The predicted octanol–water partition coefficient (Wildman–Crippen LogP) is -0.178. The number of nitrogens with zero attached hydrogens (tertiary/aromatic N) is 4. The number of aromatic nitrogens is 3. The molecule has 0 bridgehead atoms. The second kappa shape index (κ2) is 4.73. The SMILES string of the molecule is CC(O)(CN)CN1CCn2c(nnc2C(F)(F)F)C1. The van der Waals surface area contributed by atoms with Gasteiger partial charge in [0.1, 0.15) is 5.82 Å². The van der Waals surface area contributed by atoms with E-state index in [9.17, 15) is 18.3 Å². The zero-order valence-electron chi connectivity index (χ0n) is 10.5. The molecule has 9 heteroatoms. The Balaban J connectivity index is 2.12. The molecule has 1 atom stereocenters. The van der Waals surface area contributed by atoms with Gasteiger partial charge in [0.05, 0.1) is 12.1 Å². The van der Waals surface area contributed by atoms with Crippen molar-refractivity contribution in [3.05, 3.63) is 11.6 Å². The molecule has 0 radical (unpaired) electrons. The van der Waals surface area contributed by atoms with Gasteiger partial charge in [-0.3, -0.25) is 4.90 Å². The first kappa shape index (κ1) is 14.2. The van der Waals surface area contributed by atoms with E-state index in [0.29, 0.717) is 6.54 Å². The van der Waals surface area contributed by atoms with Crippen LogP contribution in [-0.4, -0.2) is 50.0 Å². The number of rotatable bonds is 3. The van der Waals surface area contributed by atoms with Crippen molar-refractivity contribution in [2.45, 2.75) is 31.8 Å². The highest BCUT2D eigenvalue weighted by Gasteiger charge is 2.39. The van der Waals surface area contributed by atoms with Crippen molar-refractivity contribution in [3.8, 4) is 0 Å². The minimum atomic E-state index is -4.49. The Bertz CT molecular complexity index is 457. The molecule has 1 aliphatic rings. The molecule has 0 amide bonds. The average molecular weight is 279 g/mol. The molecular weight excluding hydrogens is 263 g/mol. The standard InChI is InChI=1S/C10H16F3N5O/c1-9(19,5-14)6-17-2-3-18-7(4-17)15-16-8(18)10(11,12)13/h19H,2-6,14H2,1H3. The molecule has 1 aromatic heterocycles. The lowest BCUT2D eigenvalue weighted by Crippen LogP contribution is -2.48. The molecule has 19 heavy (non-hydrogen) atoms. The second-order valence-corrected chi connectivity index (χ2v) is 5.00. The summed E-state index contributed by atoms with van der Waals surface area (Å²) in [5.41, 5.74) is 4.36. The average Bonchev–Trinajstić information content (AvgIpc) is 2.71. The van der Waals surface area contributed by atoms with Crippen molar-refractivity contribution in [3.63, 3.8) is 0 Å². The molecule has 3 N–H and O–H groups in total. The minimum Gasteiger partial charge on any atom is -0.388 e. The summed E-state index contributed by atoms with van der Waals surface area (Å²) in [6.45, 7) is 2.73. The Kier molecular flexibility index (Phi) is 3.54. The molecule has 1 aliphatic heterocycles. The Hall–Kier alpha value is -1.19. The van der Waals surface area contributed by atoms with Gasteiger partial charge in [0.15, 0.2) is 0 Å². The van der Waals surface area contributed by atoms with Crippen LogP contribution in [-0.2, 0) is 19.3 Å². The molecule has 2 heterocycles. The number of aliphatic hydroxyl groups is 1. The van der Waals surface area contributed by atoms with Crippen molar-refractivity contribution in [1.29, 1.82) is 0 Å². The molecule has 0 spiro atoms. The molecule has 0 aliphatic carbocycles. The van der Waals surface area contributed by atoms with Gasteiger partial charge >= 0.3 is 6.18 Å². The van der Waals surface area contributed by atoms with Crippen LogP contribution in [0.25, 0.3) is 0 Å². The van der Waals surface area contributed by atoms with Gasteiger partial charge in [0, 0.05) is 26.2 Å². The number of β-amino-alcohol motifs (C(OH)–C–C–N with tert-alkyl or cyclic N) is 1. The lowest BCUT2D eigenvalue weighted by molar-refractivity contribution is -0.148. The number of hydrogen-bond acceptors (Lipinski definition) is 5. The number of fused-ring (bicyclic) bond motifs is 1. The van der Waals surface area contributed by atoms with Crippen LogP contribution < -0.4 is 5.73 Å². The maximum atomic E-state index is 12.6. The van der Waals surface area contributed by atoms with E-state index in [1.54, 1.807) is 6.92 Å². The van der Waals surface area contributed by atoms with Crippen molar-refractivity contribution in [2.75, 3.05) is 19.6 Å². The van der Waals surface area contributed by atoms with Crippen LogP contribution in [0, 0.1) is 0 Å². The van der Waals surface area contributed by atoms with Crippen molar-refractivity contribution >= 4 is 0 Å². The number of alkyl halides is 3. The van der Waals surface area contributed by atoms with E-state index in [4.69, 9.17) is 5.73 Å². The lowest BCUT2D eigenvalue weighted by atomic mass is 10.1. The van der Waals surface area contributed by atoms with Crippen LogP contribution in [0.5, 0.6) is 0 Å². The fourth-order valence-electron chi connectivity index (χ4n) is 2.10. The highest BCUT2D eigenvalue weighted by atomic mass is 19.4. The summed E-state index contributed by atoms with van der Waals surface area (Å²) in [6, 6.07) is 0. The molecule has 1 aromatic rings. The third-order valence-corrected chi connectivity index (χ3v) is 3.09. The highest BCUT2D eigenvalue weighted by molar-refractivity contribution is 5.02. The quantitative estimate of drug-likeness (QED) is 0.802. The van der Waals surface area contributed by atoms with Crippen LogP contribution in [0.2, 0.25) is 0 Å². The van der Waals surface area contributed by atoms with Gasteiger partial charge < -0.3 is 15.4 Å². The first-order chi connectivity index (χ1) is 8.73. The van der Waals surface area contributed by atoms with Gasteiger partial charge in [-0.05, 0) is 6.92 Å². The van der Waals surface area contributed by atoms with Crippen LogP contribution in [0.4, 0.5) is 13.2 Å². The molecule has 108 valence electrons. The summed E-state index contributed by atoms with van der Waals surface area (Å²) in [5, 5.41) is 16.6. The van der Waals surface area contributed by atoms with Gasteiger partial charge in [0.2, 0.25) is 5.82 Å². The first-order valence-corrected chi connectivity index (χ1v) is 5.87. The Morgan fingerprint density at radius 1 is 1.32 bits per heavy atom. The molecular formula is C10H16F3N5O. The molecule has 2 rings (SSSR count). The maximum absolute atomic E-state index is 12.6. The van der Waals surface area contributed by atoms with Crippen LogP contribution in [0.3, 0.4) is 0 Å². The number of halogens is 3. The molecule has 0 fully saturated rings. The van der Waals surface area contributed by atoms with E-state index in [-0.39, 0.29) is 32.0 Å². The van der Waals surface area contributed by atoms with Gasteiger partial charge in [-0.2, -0.15) is 13.2 Å². The highest BCUT2D eigenvalue weighted by Crippen LogP contribution is 2.29. The monoisotopic (exact) mass is 279 g/mol. The third kappa shape index (κ3) is 3.04. The topological polar surface area (TPSA) is 80.2 Å². The summed E-state index contributed by atoms with van der Waals surface area (Å²) in [6.07, 6.45) is -4.49. The summed E-state index contributed by atoms with van der Waals surface area (Å²) in [4.78, 5) is 1.82. The Labute approximate surface area is 108 Å². The predicted molar refractivity (Wildman–Crippen MR) is 60.0 cm³/mol. The lowest BCUT2D eigenvalue weighted by Gasteiger charge is -2.33. The van der Waals surface area contributed by atoms with Crippen molar-refractivity contribution in [2.24, 2.45) is 5.73 Å². The van der Waals surface area contributed by atoms with Crippen molar-refractivity contribution < 1.29 is 18.3 Å². The van der Waals surface area contributed by atoms with Gasteiger partial charge in [-0.15, -0.1) is 10.2 Å². The summed E-state index contributed by atoms with van der Waals surface area (Å²) in [5.74, 6) is -0.709. The largest absolute Gasteiger partial charge is 0.451 e. The van der Waals surface area contributed by atoms with E-state index in [0.717, 1.165) is 4.57 Å². The zero-order valence-corrected chi connectivity index (χ0v) is 10.5. The smallest absolute Gasteiger partial charge is 0.388 e. The van der Waals surface area contributed by atoms with Crippen LogP contribution in [0.1, 0.15) is 18.6 Å². The number of hydrogen-bond donors (Lipinski definition) is 2. The van der Waals surface area contributed by atoms with E-state index < -0.39 is 17.6 Å². The van der Waals surface area contributed by atoms with Gasteiger partial charge in [0.25, 0.3) is 0 Å². The van der Waals surface area contributed by atoms with Crippen LogP contribution in [0.15, 0.2) is 0 Å². The first-order valence-electron chi connectivity index (χ1n) is 5.87. The fourth-order valence-corrected chi connectivity index (χ4v) is 2.10. The Morgan fingerprint density at radius 3 is 2.58 bits per heavy atom. The molecule has 0 aromatic carbocycles. The minimum absolute atomic E-state index is 0.0873. The molecule has 1 unspecified atom stereocenters. The third-order valence-electron chi connectivity index (χ3n) is 3.09.